The van der Waals surface area contributed by atoms with Crippen LogP contribution in [-0.2, 0) is 11.3 Å². The summed E-state index contributed by atoms with van der Waals surface area (Å²) in [6.07, 6.45) is 1.68. The van der Waals surface area contributed by atoms with Gasteiger partial charge in [-0.05, 0) is 92.8 Å². The van der Waals surface area contributed by atoms with E-state index in [1.807, 2.05) is 12.1 Å². The summed E-state index contributed by atoms with van der Waals surface area (Å²) in [6.45, 7) is 0.114. The second-order valence-corrected chi connectivity index (χ2v) is 8.81. The van der Waals surface area contributed by atoms with Gasteiger partial charge in [0.2, 0.25) is 0 Å². The van der Waals surface area contributed by atoms with Crippen molar-refractivity contribution in [3.05, 3.63) is 65.4 Å². The SMILES string of the molecule is COc1c(I)cc(I)cc1/C=C1/SC(=O)N(Cc2ccc(F)cc2)C1=O. The molecule has 2 aromatic carbocycles. The molecular weight excluding hydrogens is 583 g/mol. The summed E-state index contributed by atoms with van der Waals surface area (Å²) in [6, 6.07) is 9.61. The molecular formula is C18H12FI2NO3S. The van der Waals surface area contributed by atoms with Gasteiger partial charge in [-0.1, -0.05) is 12.1 Å². The van der Waals surface area contributed by atoms with Gasteiger partial charge < -0.3 is 4.74 Å². The summed E-state index contributed by atoms with van der Waals surface area (Å²) < 4.78 is 20.4. The molecule has 2 amide bonds. The van der Waals surface area contributed by atoms with Gasteiger partial charge in [0.1, 0.15) is 11.6 Å². The average molecular weight is 595 g/mol. The number of imide groups is 1. The number of carbonyl (C=O) groups is 2. The van der Waals surface area contributed by atoms with Gasteiger partial charge in [-0.15, -0.1) is 0 Å². The lowest BCUT2D eigenvalue weighted by atomic mass is 10.1. The van der Waals surface area contributed by atoms with Gasteiger partial charge in [-0.25, -0.2) is 4.39 Å². The summed E-state index contributed by atoms with van der Waals surface area (Å²) in [5.41, 5.74) is 1.44. The number of methoxy groups -OCH3 is 1. The standard InChI is InChI=1S/C18H12FI2NO3S/c1-25-16-11(6-13(20)8-14(16)21)7-15-17(23)22(18(24)26-15)9-10-2-4-12(19)5-3-10/h2-8H,9H2,1H3/b15-7+. The highest BCUT2D eigenvalue weighted by molar-refractivity contribution is 14.1. The van der Waals surface area contributed by atoms with Gasteiger partial charge in [0.25, 0.3) is 11.1 Å². The summed E-state index contributed by atoms with van der Waals surface area (Å²) in [4.78, 5) is 26.4. The van der Waals surface area contributed by atoms with Crippen molar-refractivity contribution in [3.8, 4) is 5.75 Å². The first-order chi connectivity index (χ1) is 12.4. The van der Waals surface area contributed by atoms with E-state index in [2.05, 4.69) is 45.2 Å². The first-order valence-corrected chi connectivity index (χ1v) is 10.4. The van der Waals surface area contributed by atoms with E-state index in [1.54, 1.807) is 25.3 Å². The van der Waals surface area contributed by atoms with Crippen LogP contribution < -0.4 is 4.74 Å². The molecule has 8 heteroatoms. The van der Waals surface area contributed by atoms with Crippen molar-refractivity contribution < 1.29 is 18.7 Å². The van der Waals surface area contributed by atoms with E-state index >= 15 is 0 Å². The van der Waals surface area contributed by atoms with Crippen molar-refractivity contribution >= 4 is 74.2 Å². The van der Waals surface area contributed by atoms with Gasteiger partial charge in [-0.2, -0.15) is 0 Å². The Bertz CT molecular complexity index is 915. The third-order valence-electron chi connectivity index (χ3n) is 3.66. The maximum atomic E-state index is 13.0. The molecule has 0 saturated carbocycles. The number of benzene rings is 2. The zero-order valence-corrected chi connectivity index (χ0v) is 18.6. The van der Waals surface area contributed by atoms with Crippen LogP contribution in [0.15, 0.2) is 41.3 Å². The Balaban J connectivity index is 1.89. The molecule has 0 atom stereocenters. The molecule has 26 heavy (non-hydrogen) atoms. The molecule has 0 unspecified atom stereocenters. The molecule has 134 valence electrons. The van der Waals surface area contributed by atoms with Gasteiger partial charge in [0.05, 0.1) is 22.1 Å². The lowest BCUT2D eigenvalue weighted by Crippen LogP contribution is -2.27. The third-order valence-corrected chi connectivity index (χ3v) is 5.99. The minimum Gasteiger partial charge on any atom is -0.495 e. The van der Waals surface area contributed by atoms with Crippen LogP contribution in [-0.4, -0.2) is 23.2 Å². The summed E-state index contributed by atoms with van der Waals surface area (Å²) in [5.74, 6) is -0.0558. The minimum atomic E-state index is -0.361. The Morgan fingerprint density at radius 2 is 1.88 bits per heavy atom. The van der Waals surface area contributed by atoms with Crippen LogP contribution in [0.2, 0.25) is 0 Å². The molecule has 1 fully saturated rings. The van der Waals surface area contributed by atoms with E-state index in [0.29, 0.717) is 16.2 Å². The van der Waals surface area contributed by atoms with Crippen LogP contribution in [0.25, 0.3) is 6.08 Å². The molecule has 2 aromatic rings. The monoisotopic (exact) mass is 595 g/mol. The molecule has 1 heterocycles. The van der Waals surface area contributed by atoms with E-state index < -0.39 is 0 Å². The molecule has 0 N–H and O–H groups in total. The fourth-order valence-electron chi connectivity index (χ4n) is 2.45. The van der Waals surface area contributed by atoms with Crippen LogP contribution in [0.4, 0.5) is 9.18 Å². The number of nitrogens with zero attached hydrogens (tertiary/aromatic N) is 1. The summed E-state index contributed by atoms with van der Waals surface area (Å²) in [5, 5.41) is -0.343. The molecule has 0 radical (unpaired) electrons. The first-order valence-electron chi connectivity index (χ1n) is 7.42. The maximum Gasteiger partial charge on any atom is 0.293 e. The lowest BCUT2D eigenvalue weighted by Gasteiger charge is -2.12. The van der Waals surface area contributed by atoms with Crippen molar-refractivity contribution in [2.75, 3.05) is 7.11 Å². The second kappa shape index (κ2) is 8.26. The molecule has 4 nitrogen and oxygen atoms in total. The Labute approximate surface area is 181 Å². The second-order valence-electron chi connectivity index (χ2n) is 5.40. The molecule has 1 saturated heterocycles. The molecule has 0 bridgehead atoms. The number of hydrogen-bond acceptors (Lipinski definition) is 4. The third kappa shape index (κ3) is 4.22. The van der Waals surface area contributed by atoms with Gasteiger partial charge in [0, 0.05) is 9.13 Å². The largest absolute Gasteiger partial charge is 0.495 e. The molecule has 0 aliphatic carbocycles. The van der Waals surface area contributed by atoms with Crippen molar-refractivity contribution in [1.82, 2.24) is 4.90 Å². The highest BCUT2D eigenvalue weighted by Crippen LogP contribution is 2.36. The summed E-state index contributed by atoms with van der Waals surface area (Å²) >= 11 is 5.26. The first kappa shape index (κ1) is 19.6. The van der Waals surface area contributed by atoms with Crippen molar-refractivity contribution in [2.24, 2.45) is 0 Å². The smallest absolute Gasteiger partial charge is 0.293 e. The number of thioether (sulfide) groups is 1. The maximum absolute atomic E-state index is 13.0. The highest BCUT2D eigenvalue weighted by atomic mass is 127. The zero-order chi connectivity index (χ0) is 18.8. The molecule has 1 aliphatic heterocycles. The van der Waals surface area contributed by atoms with Crippen LogP contribution in [0.5, 0.6) is 5.75 Å². The highest BCUT2D eigenvalue weighted by Gasteiger charge is 2.35. The topological polar surface area (TPSA) is 46.6 Å². The Kier molecular flexibility index (Phi) is 6.23. The van der Waals surface area contributed by atoms with Crippen LogP contribution >= 0.6 is 56.9 Å². The van der Waals surface area contributed by atoms with Crippen molar-refractivity contribution in [3.63, 3.8) is 0 Å². The minimum absolute atomic E-state index is 0.114. The quantitative estimate of drug-likeness (QED) is 0.357. The average Bonchev–Trinajstić information content (AvgIpc) is 2.84. The van der Waals surface area contributed by atoms with Gasteiger partial charge >= 0.3 is 0 Å². The molecule has 1 aliphatic rings. The fraction of sp³-hybridized carbons (Fsp3) is 0.111. The van der Waals surface area contributed by atoms with E-state index in [4.69, 9.17) is 4.74 Å². The van der Waals surface area contributed by atoms with Crippen LogP contribution in [0, 0.1) is 13.0 Å². The predicted molar refractivity (Wildman–Crippen MR) is 116 cm³/mol. The van der Waals surface area contributed by atoms with E-state index in [-0.39, 0.29) is 23.5 Å². The predicted octanol–water partition coefficient (Wildman–Crippen LogP) is 5.28. The summed E-state index contributed by atoms with van der Waals surface area (Å²) in [7, 11) is 1.57. The van der Waals surface area contributed by atoms with Crippen LogP contribution in [0.1, 0.15) is 11.1 Å². The Morgan fingerprint density at radius 1 is 1.19 bits per heavy atom. The van der Waals surface area contributed by atoms with Gasteiger partial charge in [-0.3, -0.25) is 14.5 Å². The Morgan fingerprint density at radius 3 is 2.54 bits per heavy atom. The van der Waals surface area contributed by atoms with Crippen LogP contribution in [0.3, 0.4) is 0 Å². The van der Waals surface area contributed by atoms with E-state index in [1.165, 1.54) is 12.1 Å². The molecule has 3 rings (SSSR count). The number of hydrogen-bond donors (Lipinski definition) is 0. The van der Waals surface area contributed by atoms with E-state index in [9.17, 15) is 14.0 Å². The van der Waals surface area contributed by atoms with Crippen molar-refractivity contribution in [1.29, 1.82) is 0 Å². The molecule has 0 spiro atoms. The van der Waals surface area contributed by atoms with Gasteiger partial charge in [0.15, 0.2) is 0 Å². The lowest BCUT2D eigenvalue weighted by molar-refractivity contribution is -0.123. The molecule has 0 aromatic heterocycles. The Hall–Kier alpha value is -1.14. The number of halogens is 3. The zero-order valence-electron chi connectivity index (χ0n) is 13.5. The number of ether oxygens (including phenoxy) is 1. The number of amides is 2. The fourth-order valence-corrected chi connectivity index (χ4v) is 5.39. The number of rotatable bonds is 4. The normalized spacial score (nSPS) is 15.8. The van der Waals surface area contributed by atoms with Crippen molar-refractivity contribution in [2.45, 2.75) is 6.54 Å². The number of carbonyl (C=O) groups excluding carboxylic acids is 2. The van der Waals surface area contributed by atoms with E-state index in [0.717, 1.165) is 29.4 Å².